The van der Waals surface area contributed by atoms with Crippen LogP contribution >= 0.6 is 0 Å². The van der Waals surface area contributed by atoms with E-state index < -0.39 is 29.2 Å². The minimum absolute atomic E-state index is 0.0597. The minimum atomic E-state index is -1.13. The Bertz CT molecular complexity index is 821. The molecule has 1 N–H and O–H groups in total. The first kappa shape index (κ1) is 17.7. The van der Waals surface area contributed by atoms with E-state index in [4.69, 9.17) is 0 Å². The number of rotatable bonds is 6. The van der Waals surface area contributed by atoms with Gasteiger partial charge in [-0.25, -0.2) is 18.3 Å². The number of hydrogen-bond donors (Lipinski definition) is 1. The molecule has 0 saturated carbocycles. The van der Waals surface area contributed by atoms with Crippen molar-refractivity contribution < 1.29 is 18.7 Å². The van der Waals surface area contributed by atoms with E-state index in [1.807, 2.05) is 0 Å². The highest BCUT2D eigenvalue weighted by Gasteiger charge is 2.20. The van der Waals surface area contributed by atoms with Crippen molar-refractivity contribution in [2.24, 2.45) is 0 Å². The summed E-state index contributed by atoms with van der Waals surface area (Å²) >= 11 is 0. The second kappa shape index (κ2) is 7.29. The van der Waals surface area contributed by atoms with Gasteiger partial charge in [0.05, 0.1) is 0 Å². The molecule has 0 saturated heterocycles. The van der Waals surface area contributed by atoms with Gasteiger partial charge in [-0.15, -0.1) is 0 Å². The average Bonchev–Trinajstić information content (AvgIpc) is 2.55. The molecule has 1 atom stereocenters. The van der Waals surface area contributed by atoms with Gasteiger partial charge >= 0.3 is 5.97 Å². The lowest BCUT2D eigenvalue weighted by Gasteiger charge is -2.16. The number of carboxylic acids is 1. The molecule has 6 nitrogen and oxygen atoms in total. The molecule has 0 amide bonds. The summed E-state index contributed by atoms with van der Waals surface area (Å²) in [6, 6.07) is 2.79. The van der Waals surface area contributed by atoms with Gasteiger partial charge in [0.2, 0.25) is 0 Å². The number of halogens is 2. The second-order valence-corrected chi connectivity index (χ2v) is 5.31. The van der Waals surface area contributed by atoms with Gasteiger partial charge in [-0.3, -0.25) is 4.79 Å². The number of aryl methyl sites for hydroxylation is 3. The van der Waals surface area contributed by atoms with Crippen LogP contribution in [0.25, 0.3) is 0 Å². The summed E-state index contributed by atoms with van der Waals surface area (Å²) in [5, 5.41) is 13.2. The van der Waals surface area contributed by atoms with Crippen LogP contribution in [0.2, 0.25) is 0 Å². The van der Waals surface area contributed by atoms with Crippen LogP contribution in [0.5, 0.6) is 0 Å². The fraction of sp³-hybridized carbons (Fsp3) is 0.375. The summed E-state index contributed by atoms with van der Waals surface area (Å²) in [5.74, 6) is -2.93. The van der Waals surface area contributed by atoms with E-state index >= 15 is 0 Å². The van der Waals surface area contributed by atoms with Gasteiger partial charge in [-0.2, -0.15) is 10.1 Å². The molecule has 2 aromatic rings. The van der Waals surface area contributed by atoms with E-state index in [-0.39, 0.29) is 29.9 Å². The van der Waals surface area contributed by atoms with Crippen molar-refractivity contribution in [3.8, 4) is 0 Å². The minimum Gasteiger partial charge on any atom is -0.480 e. The summed E-state index contributed by atoms with van der Waals surface area (Å²) in [5.41, 5.74) is -0.261. The van der Waals surface area contributed by atoms with Crippen LogP contribution in [0.15, 0.2) is 23.0 Å². The number of hydrogen-bond acceptors (Lipinski definition) is 4. The van der Waals surface area contributed by atoms with Crippen LogP contribution in [0, 0.1) is 11.6 Å². The maximum atomic E-state index is 13.7. The Labute approximate surface area is 136 Å². The van der Waals surface area contributed by atoms with E-state index in [1.165, 1.54) is 19.1 Å². The van der Waals surface area contributed by atoms with Crippen LogP contribution in [0.3, 0.4) is 0 Å². The maximum Gasteiger partial charge on any atom is 0.328 e. The fourth-order valence-corrected chi connectivity index (χ4v) is 2.26. The molecule has 0 bridgehead atoms. The molecule has 24 heavy (non-hydrogen) atoms. The van der Waals surface area contributed by atoms with Gasteiger partial charge in [0, 0.05) is 6.42 Å². The predicted molar refractivity (Wildman–Crippen MR) is 81.8 cm³/mol. The number of aromatic nitrogens is 3. The molecule has 0 aliphatic carbocycles. The van der Waals surface area contributed by atoms with Crippen LogP contribution in [0.1, 0.15) is 37.0 Å². The van der Waals surface area contributed by atoms with Crippen LogP contribution < -0.4 is 5.56 Å². The van der Waals surface area contributed by atoms with Gasteiger partial charge < -0.3 is 5.11 Å². The van der Waals surface area contributed by atoms with E-state index in [0.717, 1.165) is 10.7 Å². The van der Waals surface area contributed by atoms with E-state index in [9.17, 15) is 23.5 Å². The van der Waals surface area contributed by atoms with Crippen molar-refractivity contribution >= 4 is 5.97 Å². The quantitative estimate of drug-likeness (QED) is 0.870. The largest absolute Gasteiger partial charge is 0.480 e. The normalized spacial score (nSPS) is 12.2. The van der Waals surface area contributed by atoms with Crippen LogP contribution in [-0.2, 0) is 24.1 Å². The number of nitrogens with zero attached hydrogens (tertiary/aromatic N) is 3. The van der Waals surface area contributed by atoms with Crippen molar-refractivity contribution in [1.29, 1.82) is 0 Å². The molecule has 0 radical (unpaired) electrons. The SMILES string of the molecule is CCc1nn(C(C)C(=O)O)c(CCc2cccc(F)c2F)nc1=O. The zero-order valence-corrected chi connectivity index (χ0v) is 13.3. The Morgan fingerprint density at radius 3 is 2.67 bits per heavy atom. The summed E-state index contributed by atoms with van der Waals surface area (Å²) in [7, 11) is 0. The lowest BCUT2D eigenvalue weighted by atomic mass is 10.1. The third-order valence-corrected chi connectivity index (χ3v) is 3.68. The number of benzene rings is 1. The van der Waals surface area contributed by atoms with Gasteiger partial charge in [0.1, 0.15) is 17.6 Å². The lowest BCUT2D eigenvalue weighted by molar-refractivity contribution is -0.140. The monoisotopic (exact) mass is 337 g/mol. The third kappa shape index (κ3) is 3.64. The highest BCUT2D eigenvalue weighted by atomic mass is 19.2. The topological polar surface area (TPSA) is 85.1 Å². The second-order valence-electron chi connectivity index (χ2n) is 5.31. The van der Waals surface area contributed by atoms with Crippen molar-refractivity contribution in [1.82, 2.24) is 14.8 Å². The Morgan fingerprint density at radius 2 is 2.04 bits per heavy atom. The van der Waals surface area contributed by atoms with Gasteiger partial charge in [-0.05, 0) is 31.4 Å². The molecular weight excluding hydrogens is 320 g/mol. The standard InChI is InChI=1S/C16H17F2N3O3/c1-3-12-15(22)19-13(21(20-12)9(2)16(23)24)8-7-10-5-4-6-11(17)14(10)18/h4-6,9H,3,7-8H2,1-2H3,(H,23,24). The number of aliphatic carboxylic acids is 1. The van der Waals surface area contributed by atoms with Gasteiger partial charge in [-0.1, -0.05) is 19.1 Å². The molecule has 1 aromatic heterocycles. The summed E-state index contributed by atoms with van der Waals surface area (Å²) in [4.78, 5) is 27.0. The molecule has 0 aliphatic heterocycles. The maximum absolute atomic E-state index is 13.7. The Kier molecular flexibility index (Phi) is 5.38. The van der Waals surface area contributed by atoms with Crippen molar-refractivity contribution in [3.63, 3.8) is 0 Å². The molecule has 1 aromatic carbocycles. The molecule has 8 heteroatoms. The lowest BCUT2D eigenvalue weighted by Crippen LogP contribution is -2.30. The van der Waals surface area contributed by atoms with Crippen LogP contribution in [-0.4, -0.2) is 25.8 Å². The van der Waals surface area contributed by atoms with E-state index in [2.05, 4.69) is 10.1 Å². The Morgan fingerprint density at radius 1 is 1.33 bits per heavy atom. The zero-order valence-electron chi connectivity index (χ0n) is 13.3. The third-order valence-electron chi connectivity index (χ3n) is 3.68. The van der Waals surface area contributed by atoms with E-state index in [0.29, 0.717) is 6.42 Å². The highest BCUT2D eigenvalue weighted by molar-refractivity contribution is 5.71. The molecule has 0 fully saturated rings. The molecule has 0 aliphatic rings. The predicted octanol–water partition coefficient (Wildman–Crippen LogP) is 1.91. The summed E-state index contributed by atoms with van der Waals surface area (Å²) in [6.07, 6.45) is 0.441. The smallest absolute Gasteiger partial charge is 0.328 e. The Hall–Kier alpha value is -2.64. The molecule has 1 heterocycles. The first-order valence-electron chi connectivity index (χ1n) is 7.49. The Balaban J connectivity index is 2.38. The summed E-state index contributed by atoms with van der Waals surface area (Å²) in [6.45, 7) is 3.12. The first-order chi connectivity index (χ1) is 11.3. The van der Waals surface area contributed by atoms with Crippen molar-refractivity contribution in [2.75, 3.05) is 0 Å². The first-order valence-corrected chi connectivity index (χ1v) is 7.49. The molecule has 128 valence electrons. The van der Waals surface area contributed by atoms with Crippen molar-refractivity contribution in [3.05, 3.63) is 57.3 Å². The molecule has 2 rings (SSSR count). The number of carbonyl (C=O) groups is 1. The molecular formula is C16H17F2N3O3. The molecule has 0 spiro atoms. The molecule has 1 unspecified atom stereocenters. The van der Waals surface area contributed by atoms with Gasteiger partial charge in [0.15, 0.2) is 11.6 Å². The highest BCUT2D eigenvalue weighted by Crippen LogP contribution is 2.15. The zero-order chi connectivity index (χ0) is 17.9. The number of carboxylic acid groups (broad SMARTS) is 1. The van der Waals surface area contributed by atoms with E-state index in [1.54, 1.807) is 6.92 Å². The summed E-state index contributed by atoms with van der Waals surface area (Å²) < 4.78 is 28.1. The van der Waals surface area contributed by atoms with Gasteiger partial charge in [0.25, 0.3) is 5.56 Å². The fourth-order valence-electron chi connectivity index (χ4n) is 2.26. The van der Waals surface area contributed by atoms with Crippen LogP contribution in [0.4, 0.5) is 8.78 Å². The van der Waals surface area contributed by atoms with Crippen molar-refractivity contribution in [2.45, 2.75) is 39.2 Å². The average molecular weight is 337 g/mol.